The van der Waals surface area contributed by atoms with Crippen LogP contribution in [0.25, 0.3) is 0 Å². The van der Waals surface area contributed by atoms with Crippen LogP contribution in [0, 0.1) is 0 Å². The van der Waals surface area contributed by atoms with Crippen LogP contribution in [0.5, 0.6) is 0 Å². The second kappa shape index (κ2) is 8.30. The maximum absolute atomic E-state index is 13.5. The normalized spacial score (nSPS) is 24.4. The number of cyclic esters (lactones) is 1. The number of hydrogen-bond acceptors (Lipinski definition) is 4. The molecule has 2 atom stereocenters. The van der Waals surface area contributed by atoms with Gasteiger partial charge in [-0.25, -0.2) is 4.79 Å². The van der Waals surface area contributed by atoms with Crippen molar-refractivity contribution in [3.8, 4) is 0 Å². The van der Waals surface area contributed by atoms with Crippen LogP contribution >= 0.6 is 0 Å². The van der Waals surface area contributed by atoms with Crippen molar-refractivity contribution in [2.24, 2.45) is 0 Å². The van der Waals surface area contributed by atoms with Crippen LogP contribution in [0.1, 0.15) is 46.4 Å². The maximum Gasteiger partial charge on any atom is 0.414 e. The molecule has 0 aromatic heterocycles. The highest BCUT2D eigenvalue weighted by atomic mass is 16.6. The summed E-state index contributed by atoms with van der Waals surface area (Å²) >= 11 is 0. The van der Waals surface area contributed by atoms with Crippen LogP contribution in [0.3, 0.4) is 0 Å². The maximum atomic E-state index is 13.5. The van der Waals surface area contributed by atoms with Crippen LogP contribution in [-0.2, 0) is 4.74 Å². The van der Waals surface area contributed by atoms with E-state index >= 15 is 0 Å². The first-order valence-corrected chi connectivity index (χ1v) is 11.2. The number of hydrogen-bond donors (Lipinski definition) is 0. The molecule has 0 aliphatic carbocycles. The summed E-state index contributed by atoms with van der Waals surface area (Å²) in [4.78, 5) is 43.7. The van der Waals surface area contributed by atoms with Crippen molar-refractivity contribution in [3.63, 3.8) is 0 Å². The molecule has 3 aliphatic heterocycles. The van der Waals surface area contributed by atoms with Gasteiger partial charge in [0, 0.05) is 42.0 Å². The summed E-state index contributed by atoms with van der Waals surface area (Å²) in [6.07, 6.45) is 3.11. The van der Waals surface area contributed by atoms with Crippen LogP contribution in [-0.4, -0.2) is 66.0 Å². The number of anilines is 1. The number of ether oxygens (including phenoxy) is 1. The number of carbonyl (C=O) groups is 3. The van der Waals surface area contributed by atoms with Gasteiger partial charge in [-0.15, -0.1) is 0 Å². The van der Waals surface area contributed by atoms with Gasteiger partial charge in [0.25, 0.3) is 11.8 Å². The molecule has 7 heteroatoms. The van der Waals surface area contributed by atoms with E-state index in [2.05, 4.69) is 0 Å². The molecule has 2 bridgehead atoms. The van der Waals surface area contributed by atoms with E-state index in [9.17, 15) is 14.4 Å². The summed E-state index contributed by atoms with van der Waals surface area (Å²) in [6, 6.07) is 16.9. The van der Waals surface area contributed by atoms with E-state index < -0.39 is 0 Å². The van der Waals surface area contributed by atoms with Crippen molar-refractivity contribution in [1.82, 2.24) is 9.80 Å². The van der Waals surface area contributed by atoms with E-state index in [1.165, 1.54) is 0 Å². The lowest BCUT2D eigenvalue weighted by atomic mass is 9.94. The smallest absolute Gasteiger partial charge is 0.414 e. The molecule has 3 heterocycles. The molecule has 0 spiro atoms. The minimum absolute atomic E-state index is 0.00223. The fraction of sp³-hybridized carbons (Fsp3) is 0.400. The molecular weight excluding hydrogens is 406 g/mol. The predicted molar refractivity (Wildman–Crippen MR) is 120 cm³/mol. The summed E-state index contributed by atoms with van der Waals surface area (Å²) in [5.74, 6) is 0.0300. The summed E-state index contributed by atoms with van der Waals surface area (Å²) in [5, 5.41) is 0. The first kappa shape index (κ1) is 20.5. The Morgan fingerprint density at radius 3 is 2.31 bits per heavy atom. The van der Waals surface area contributed by atoms with E-state index in [0.29, 0.717) is 30.0 Å². The topological polar surface area (TPSA) is 70.2 Å². The highest BCUT2D eigenvalue weighted by Gasteiger charge is 2.45. The fourth-order valence-electron chi connectivity index (χ4n) is 5.33. The van der Waals surface area contributed by atoms with E-state index in [-0.39, 0.29) is 36.0 Å². The Morgan fingerprint density at radius 1 is 0.969 bits per heavy atom. The zero-order valence-electron chi connectivity index (χ0n) is 18.1. The van der Waals surface area contributed by atoms with Crippen LogP contribution < -0.4 is 4.90 Å². The van der Waals surface area contributed by atoms with Crippen LogP contribution in [0.2, 0.25) is 0 Å². The Hall–Kier alpha value is -3.35. The van der Waals surface area contributed by atoms with Gasteiger partial charge in [-0.1, -0.05) is 24.3 Å². The zero-order chi connectivity index (χ0) is 22.2. The first-order valence-electron chi connectivity index (χ1n) is 11.2. The van der Waals surface area contributed by atoms with Gasteiger partial charge in [-0.3, -0.25) is 14.5 Å². The quantitative estimate of drug-likeness (QED) is 0.739. The van der Waals surface area contributed by atoms with Crippen LogP contribution in [0.4, 0.5) is 10.5 Å². The number of carbonyl (C=O) groups excluding carboxylic acids is 3. The molecule has 166 valence electrons. The number of nitrogens with zero attached hydrogens (tertiary/aromatic N) is 3. The van der Waals surface area contributed by atoms with E-state index in [4.69, 9.17) is 4.74 Å². The molecule has 2 unspecified atom stereocenters. The third-order valence-corrected chi connectivity index (χ3v) is 7.00. The standard InChI is InChI=1S/C25H27N3O4/c1-26(23(29)17-6-3-2-4-7-17)22-15-20-10-11-21(16-22)28(20)24(30)18-8-5-9-19(14-18)27-12-13-32-25(27)31/h2-9,14,20-22H,10-13,15-16H2,1H3. The van der Waals surface area contributed by atoms with E-state index in [0.717, 1.165) is 25.7 Å². The van der Waals surface area contributed by atoms with Crippen molar-refractivity contribution >= 4 is 23.6 Å². The number of piperidine rings is 1. The summed E-state index contributed by atoms with van der Waals surface area (Å²) in [5.41, 5.74) is 1.97. The van der Waals surface area contributed by atoms with Crippen molar-refractivity contribution in [2.45, 2.75) is 43.8 Å². The summed E-state index contributed by atoms with van der Waals surface area (Å²) < 4.78 is 5.03. The fourth-order valence-corrected chi connectivity index (χ4v) is 5.33. The molecule has 2 aromatic carbocycles. The Morgan fingerprint density at radius 2 is 1.66 bits per heavy atom. The lowest BCUT2D eigenvalue weighted by molar-refractivity contribution is 0.0407. The van der Waals surface area contributed by atoms with Crippen molar-refractivity contribution in [2.75, 3.05) is 25.1 Å². The molecule has 32 heavy (non-hydrogen) atoms. The Bertz CT molecular complexity index is 1030. The van der Waals surface area contributed by atoms with Gasteiger partial charge < -0.3 is 14.5 Å². The molecule has 0 N–H and O–H groups in total. The van der Waals surface area contributed by atoms with Crippen LogP contribution in [0.15, 0.2) is 54.6 Å². The Balaban J connectivity index is 1.30. The van der Waals surface area contributed by atoms with Gasteiger partial charge in [0.05, 0.1) is 6.54 Å². The molecule has 5 rings (SSSR count). The highest BCUT2D eigenvalue weighted by Crippen LogP contribution is 2.39. The number of rotatable bonds is 4. The predicted octanol–water partition coefficient (Wildman–Crippen LogP) is 3.55. The minimum Gasteiger partial charge on any atom is -0.447 e. The van der Waals surface area contributed by atoms with E-state index in [1.54, 1.807) is 11.0 Å². The van der Waals surface area contributed by atoms with Gasteiger partial charge in [0.2, 0.25) is 0 Å². The third kappa shape index (κ3) is 3.61. The van der Waals surface area contributed by atoms with Gasteiger partial charge in [0.15, 0.2) is 0 Å². The van der Waals surface area contributed by atoms with E-state index in [1.807, 2.05) is 65.4 Å². The van der Waals surface area contributed by atoms with Crippen molar-refractivity contribution < 1.29 is 19.1 Å². The highest BCUT2D eigenvalue weighted by molar-refractivity contribution is 5.98. The van der Waals surface area contributed by atoms with Crippen molar-refractivity contribution in [1.29, 1.82) is 0 Å². The number of benzene rings is 2. The molecule has 2 aromatic rings. The molecule has 7 nitrogen and oxygen atoms in total. The SMILES string of the molecule is CN(C(=O)c1ccccc1)C1CC2CCC(C1)N2C(=O)c1cccc(N2CCOC2=O)c1. The molecule has 0 saturated carbocycles. The average Bonchev–Trinajstić information content (AvgIpc) is 3.37. The average molecular weight is 434 g/mol. The first-order chi connectivity index (χ1) is 15.5. The lowest BCUT2D eigenvalue weighted by Gasteiger charge is -2.42. The molecule has 3 fully saturated rings. The molecule has 3 amide bonds. The molecular formula is C25H27N3O4. The third-order valence-electron chi connectivity index (χ3n) is 7.00. The Kier molecular flexibility index (Phi) is 5.33. The monoisotopic (exact) mass is 433 g/mol. The lowest BCUT2D eigenvalue weighted by Crippen LogP contribution is -2.52. The second-order valence-corrected chi connectivity index (χ2v) is 8.82. The molecule has 3 saturated heterocycles. The largest absolute Gasteiger partial charge is 0.447 e. The van der Waals surface area contributed by atoms with Gasteiger partial charge >= 0.3 is 6.09 Å². The van der Waals surface area contributed by atoms with Crippen molar-refractivity contribution in [3.05, 3.63) is 65.7 Å². The second-order valence-electron chi connectivity index (χ2n) is 8.82. The minimum atomic E-state index is -0.374. The molecule has 0 radical (unpaired) electrons. The zero-order valence-corrected chi connectivity index (χ0v) is 18.1. The van der Waals surface area contributed by atoms with Gasteiger partial charge in [-0.2, -0.15) is 0 Å². The number of amides is 3. The van der Waals surface area contributed by atoms with Gasteiger partial charge in [0.1, 0.15) is 6.61 Å². The van der Waals surface area contributed by atoms with Gasteiger partial charge in [-0.05, 0) is 56.0 Å². The Labute approximate surface area is 187 Å². The summed E-state index contributed by atoms with van der Waals surface area (Å²) in [6.45, 7) is 0.860. The number of fused-ring (bicyclic) bond motifs is 2. The summed E-state index contributed by atoms with van der Waals surface area (Å²) in [7, 11) is 1.87. The molecule has 3 aliphatic rings.